The molecule has 1 fully saturated rings. The highest BCUT2D eigenvalue weighted by molar-refractivity contribution is 7.84. The van der Waals surface area contributed by atoms with Crippen LogP contribution in [0.5, 0.6) is 0 Å². The van der Waals surface area contributed by atoms with Crippen molar-refractivity contribution in [2.45, 2.75) is 18.2 Å². The summed E-state index contributed by atoms with van der Waals surface area (Å²) in [5.41, 5.74) is 0.598. The standard InChI is InChI=1S/C15H20N2O3S/c1-12(18)16-8-3-9-17(11-10-16)15(19)13-4-6-14(7-5-13)21(2)20/h4-7H,3,8-11H2,1-2H3. The van der Waals surface area contributed by atoms with Crippen LogP contribution in [-0.2, 0) is 15.6 Å². The smallest absolute Gasteiger partial charge is 0.253 e. The Morgan fingerprint density at radius 1 is 1.00 bits per heavy atom. The molecule has 1 atom stereocenters. The molecule has 0 spiro atoms. The van der Waals surface area contributed by atoms with Crippen LogP contribution >= 0.6 is 0 Å². The first-order valence-corrected chi connectivity index (χ1v) is 8.53. The molecule has 6 heteroatoms. The van der Waals surface area contributed by atoms with E-state index in [0.29, 0.717) is 36.6 Å². The molecule has 1 unspecified atom stereocenters. The average Bonchev–Trinajstić information content (AvgIpc) is 2.72. The Balaban J connectivity index is 2.05. The minimum atomic E-state index is -1.04. The Kier molecular flexibility index (Phi) is 5.12. The topological polar surface area (TPSA) is 57.7 Å². The van der Waals surface area contributed by atoms with E-state index in [9.17, 15) is 13.8 Å². The van der Waals surface area contributed by atoms with Gasteiger partial charge in [-0.05, 0) is 30.7 Å². The zero-order valence-electron chi connectivity index (χ0n) is 12.4. The molecule has 0 radical (unpaired) electrons. The third-order valence-corrected chi connectivity index (χ3v) is 4.60. The average molecular weight is 308 g/mol. The molecule has 2 rings (SSSR count). The third kappa shape index (κ3) is 3.91. The van der Waals surface area contributed by atoms with Crippen LogP contribution in [0.4, 0.5) is 0 Å². The van der Waals surface area contributed by atoms with Crippen LogP contribution in [0.1, 0.15) is 23.7 Å². The van der Waals surface area contributed by atoms with Crippen LogP contribution in [0.3, 0.4) is 0 Å². The van der Waals surface area contributed by atoms with Gasteiger partial charge in [0.25, 0.3) is 5.91 Å². The third-order valence-electron chi connectivity index (χ3n) is 3.66. The second-order valence-electron chi connectivity index (χ2n) is 5.13. The Bertz CT molecular complexity index is 557. The number of carbonyl (C=O) groups is 2. The van der Waals surface area contributed by atoms with Gasteiger partial charge in [-0.1, -0.05) is 0 Å². The van der Waals surface area contributed by atoms with E-state index >= 15 is 0 Å². The van der Waals surface area contributed by atoms with Crippen molar-refractivity contribution in [1.29, 1.82) is 0 Å². The molecule has 0 N–H and O–H groups in total. The molecule has 5 nitrogen and oxygen atoms in total. The molecule has 1 aromatic rings. The van der Waals surface area contributed by atoms with Crippen molar-refractivity contribution < 1.29 is 13.8 Å². The maximum Gasteiger partial charge on any atom is 0.253 e. The Morgan fingerprint density at radius 3 is 2.14 bits per heavy atom. The fraction of sp³-hybridized carbons (Fsp3) is 0.467. The summed E-state index contributed by atoms with van der Waals surface area (Å²) in [7, 11) is -1.04. The normalized spacial score (nSPS) is 17.2. The fourth-order valence-electron chi connectivity index (χ4n) is 2.41. The lowest BCUT2D eigenvalue weighted by molar-refractivity contribution is -0.128. The number of nitrogens with zero attached hydrogens (tertiary/aromatic N) is 2. The van der Waals surface area contributed by atoms with Gasteiger partial charge in [0.05, 0.1) is 0 Å². The molecule has 21 heavy (non-hydrogen) atoms. The van der Waals surface area contributed by atoms with E-state index in [-0.39, 0.29) is 11.8 Å². The largest absolute Gasteiger partial charge is 0.341 e. The van der Waals surface area contributed by atoms with Crippen molar-refractivity contribution in [3.05, 3.63) is 29.8 Å². The molecule has 1 aliphatic rings. The first-order valence-electron chi connectivity index (χ1n) is 6.97. The number of amides is 2. The number of benzene rings is 1. The second kappa shape index (κ2) is 6.85. The molecule has 1 saturated heterocycles. The van der Waals surface area contributed by atoms with Gasteiger partial charge < -0.3 is 9.80 Å². The van der Waals surface area contributed by atoms with E-state index < -0.39 is 10.8 Å². The first-order chi connectivity index (χ1) is 9.99. The zero-order valence-corrected chi connectivity index (χ0v) is 13.2. The van der Waals surface area contributed by atoms with Crippen molar-refractivity contribution in [3.8, 4) is 0 Å². The maximum absolute atomic E-state index is 12.5. The van der Waals surface area contributed by atoms with Crippen molar-refractivity contribution in [3.63, 3.8) is 0 Å². The summed E-state index contributed by atoms with van der Waals surface area (Å²) in [5.74, 6) is 0.0212. The number of hydrogen-bond acceptors (Lipinski definition) is 3. The van der Waals surface area contributed by atoms with Gasteiger partial charge in [0.1, 0.15) is 0 Å². The van der Waals surface area contributed by atoms with Gasteiger partial charge in [0, 0.05) is 60.6 Å². The summed E-state index contributed by atoms with van der Waals surface area (Å²) >= 11 is 0. The van der Waals surface area contributed by atoms with Crippen molar-refractivity contribution in [1.82, 2.24) is 9.80 Å². The molecule has 2 amide bonds. The number of hydrogen-bond donors (Lipinski definition) is 0. The van der Waals surface area contributed by atoms with Crippen molar-refractivity contribution in [2.24, 2.45) is 0 Å². The molecule has 0 saturated carbocycles. The molecular weight excluding hydrogens is 288 g/mol. The SMILES string of the molecule is CC(=O)N1CCCN(C(=O)c2ccc(S(C)=O)cc2)CC1. The summed E-state index contributed by atoms with van der Waals surface area (Å²) in [6, 6.07) is 6.88. The van der Waals surface area contributed by atoms with Crippen LogP contribution in [0, 0.1) is 0 Å². The van der Waals surface area contributed by atoms with Gasteiger partial charge in [-0.2, -0.15) is 0 Å². The first kappa shape index (κ1) is 15.7. The van der Waals surface area contributed by atoms with E-state index in [0.717, 1.165) is 6.42 Å². The number of carbonyl (C=O) groups excluding carboxylic acids is 2. The highest BCUT2D eigenvalue weighted by Gasteiger charge is 2.21. The second-order valence-corrected chi connectivity index (χ2v) is 6.51. The minimum absolute atomic E-state index is 0.0335. The van der Waals surface area contributed by atoms with Crippen LogP contribution < -0.4 is 0 Å². The van der Waals surface area contributed by atoms with Crippen LogP contribution in [0.2, 0.25) is 0 Å². The van der Waals surface area contributed by atoms with Crippen LogP contribution in [0.25, 0.3) is 0 Å². The lowest BCUT2D eigenvalue weighted by atomic mass is 10.2. The van der Waals surface area contributed by atoms with E-state index in [1.54, 1.807) is 47.2 Å². The van der Waals surface area contributed by atoms with Gasteiger partial charge in [-0.25, -0.2) is 0 Å². The molecule has 1 heterocycles. The summed E-state index contributed by atoms with van der Waals surface area (Å²) < 4.78 is 11.4. The Morgan fingerprint density at radius 2 is 1.57 bits per heavy atom. The van der Waals surface area contributed by atoms with E-state index in [4.69, 9.17) is 0 Å². The molecule has 1 aliphatic heterocycles. The highest BCUT2D eigenvalue weighted by atomic mass is 32.2. The van der Waals surface area contributed by atoms with E-state index in [2.05, 4.69) is 0 Å². The summed E-state index contributed by atoms with van der Waals surface area (Å²) in [4.78, 5) is 28.1. The maximum atomic E-state index is 12.5. The zero-order chi connectivity index (χ0) is 15.4. The number of rotatable bonds is 2. The predicted octanol–water partition coefficient (Wildman–Crippen LogP) is 1.12. The summed E-state index contributed by atoms with van der Waals surface area (Å²) in [6.45, 7) is 4.05. The lowest BCUT2D eigenvalue weighted by Crippen LogP contribution is -2.36. The highest BCUT2D eigenvalue weighted by Crippen LogP contribution is 2.12. The molecule has 0 aliphatic carbocycles. The van der Waals surface area contributed by atoms with Crippen LogP contribution in [-0.4, -0.2) is 58.3 Å². The molecule has 0 aromatic heterocycles. The molecule has 1 aromatic carbocycles. The summed E-state index contributed by atoms with van der Waals surface area (Å²) in [6.07, 6.45) is 2.41. The molecule has 114 valence electrons. The van der Waals surface area contributed by atoms with Crippen LogP contribution in [0.15, 0.2) is 29.2 Å². The Labute approximate surface area is 127 Å². The van der Waals surface area contributed by atoms with Gasteiger partial charge in [-0.3, -0.25) is 13.8 Å². The summed E-state index contributed by atoms with van der Waals surface area (Å²) in [5, 5.41) is 0. The van der Waals surface area contributed by atoms with Crippen molar-refractivity contribution in [2.75, 3.05) is 32.4 Å². The van der Waals surface area contributed by atoms with Gasteiger partial charge in [0.2, 0.25) is 5.91 Å². The van der Waals surface area contributed by atoms with Gasteiger partial charge in [-0.15, -0.1) is 0 Å². The quantitative estimate of drug-likeness (QED) is 0.822. The van der Waals surface area contributed by atoms with E-state index in [1.807, 2.05) is 0 Å². The molecular formula is C15H20N2O3S. The van der Waals surface area contributed by atoms with Gasteiger partial charge >= 0.3 is 0 Å². The lowest BCUT2D eigenvalue weighted by Gasteiger charge is -2.21. The minimum Gasteiger partial charge on any atom is -0.341 e. The predicted molar refractivity (Wildman–Crippen MR) is 81.5 cm³/mol. The van der Waals surface area contributed by atoms with Crippen molar-refractivity contribution >= 4 is 22.6 Å². The van der Waals surface area contributed by atoms with E-state index in [1.165, 1.54) is 0 Å². The fourth-order valence-corrected chi connectivity index (χ4v) is 2.93. The van der Waals surface area contributed by atoms with Gasteiger partial charge in [0.15, 0.2) is 0 Å². The Hall–Kier alpha value is -1.69. The monoisotopic (exact) mass is 308 g/mol. The molecule has 0 bridgehead atoms.